The zero-order valence-electron chi connectivity index (χ0n) is 7.18. The molecule has 0 atom stereocenters. The molecule has 0 radical (unpaired) electrons. The molecule has 2 aromatic rings. The van der Waals surface area contributed by atoms with E-state index in [1.165, 1.54) is 6.20 Å². The zero-order chi connectivity index (χ0) is 9.97. The van der Waals surface area contributed by atoms with Crippen LogP contribution in [-0.4, -0.2) is 34.9 Å². The number of carboxylic acids is 1. The van der Waals surface area contributed by atoms with Gasteiger partial charge in [-0.3, -0.25) is 0 Å². The number of oxazole rings is 1. The second-order valence-electron chi connectivity index (χ2n) is 2.70. The van der Waals surface area contributed by atoms with E-state index < -0.39 is 5.97 Å². The second kappa shape index (κ2) is 4.83. The van der Waals surface area contributed by atoms with Gasteiger partial charge in [-0.1, -0.05) is 30.3 Å². The summed E-state index contributed by atoms with van der Waals surface area (Å²) < 4.78 is 5.02. The number of nitrogens with zero attached hydrogens (tertiary/aromatic N) is 1. The molecule has 0 aliphatic carbocycles. The summed E-state index contributed by atoms with van der Waals surface area (Å²) in [4.78, 5) is 14.1. The zero-order valence-corrected chi connectivity index (χ0v) is 7.18. The Morgan fingerprint density at radius 3 is 2.47 bits per heavy atom. The molecular weight excluding hydrogens is 189 g/mol. The first-order valence-corrected chi connectivity index (χ1v) is 4.02. The Balaban J connectivity index is 0.00000112. The number of rotatable bonds is 2. The molecule has 0 amide bonds. The van der Waals surface area contributed by atoms with Crippen LogP contribution in [0.2, 0.25) is 0 Å². The van der Waals surface area contributed by atoms with Gasteiger partial charge < -0.3 is 9.52 Å². The Bertz CT molecular complexity index is 453. The molecule has 0 unspecified atom stereocenters. The molecule has 15 heavy (non-hydrogen) atoms. The van der Waals surface area contributed by atoms with Crippen LogP contribution in [-0.2, 0) is 0 Å². The van der Waals surface area contributed by atoms with Gasteiger partial charge in [0.05, 0.1) is 6.20 Å². The molecule has 5 heteroatoms. The summed E-state index contributed by atoms with van der Waals surface area (Å²) in [6.07, 6.45) is 1.40. The van der Waals surface area contributed by atoms with E-state index in [2.05, 4.69) is 4.98 Å². The first-order valence-electron chi connectivity index (χ1n) is 4.02. The fourth-order valence-electron chi connectivity index (χ4n) is 1.11. The molecule has 0 aliphatic heterocycles. The van der Waals surface area contributed by atoms with Gasteiger partial charge in [0.2, 0.25) is 0 Å². The van der Waals surface area contributed by atoms with E-state index in [4.69, 9.17) is 9.52 Å². The van der Waals surface area contributed by atoms with Gasteiger partial charge in [0.25, 0.3) is 0 Å². The van der Waals surface area contributed by atoms with Gasteiger partial charge in [-0.05, 0) is 0 Å². The maximum atomic E-state index is 10.5. The molecule has 0 saturated heterocycles. The molecule has 0 spiro atoms. The molecule has 0 aliphatic rings. The monoisotopic (exact) mass is 197 g/mol. The molecule has 0 bridgehead atoms. The Kier molecular flexibility index (Phi) is 3.72. The number of carbonyl (C=O) groups is 1. The molecule has 1 aromatic carbocycles. The number of aromatic nitrogens is 1. The third-order valence-corrected chi connectivity index (χ3v) is 1.75. The topological polar surface area (TPSA) is 63.3 Å². The van der Waals surface area contributed by atoms with E-state index in [1.54, 1.807) is 0 Å². The summed E-state index contributed by atoms with van der Waals surface area (Å²) in [5.41, 5.74) is 0.813. The van der Waals surface area contributed by atoms with Gasteiger partial charge >= 0.3 is 30.7 Å². The molecule has 0 saturated carbocycles. The minimum absolute atomic E-state index is 0. The van der Waals surface area contributed by atoms with Crippen LogP contribution >= 0.6 is 0 Å². The Labute approximate surface area is 98.1 Å². The van der Waals surface area contributed by atoms with E-state index in [-0.39, 0.29) is 24.8 Å². The van der Waals surface area contributed by atoms with Crippen LogP contribution in [0.4, 0.5) is 0 Å². The fraction of sp³-hybridized carbons (Fsp3) is 0. The number of hydrogen-bond donors (Lipinski definition) is 1. The van der Waals surface area contributed by atoms with Gasteiger partial charge in [0.1, 0.15) is 0 Å². The van der Waals surface area contributed by atoms with Crippen molar-refractivity contribution in [2.45, 2.75) is 0 Å². The van der Waals surface area contributed by atoms with Gasteiger partial charge in [0, 0.05) is 5.56 Å². The van der Waals surface area contributed by atoms with Crippen LogP contribution in [0.5, 0.6) is 0 Å². The minimum atomic E-state index is -1.16. The van der Waals surface area contributed by atoms with Crippen LogP contribution in [0, 0.1) is 0 Å². The summed E-state index contributed by atoms with van der Waals surface area (Å²) in [5, 5.41) is 8.59. The van der Waals surface area contributed by atoms with Crippen molar-refractivity contribution in [1.82, 2.24) is 4.98 Å². The van der Waals surface area contributed by atoms with Crippen LogP contribution in [0.25, 0.3) is 11.3 Å². The van der Waals surface area contributed by atoms with Gasteiger partial charge in [0.15, 0.2) is 5.76 Å². The Morgan fingerprint density at radius 2 is 1.93 bits per heavy atom. The van der Waals surface area contributed by atoms with Crippen LogP contribution in [0.15, 0.2) is 40.9 Å². The molecule has 1 aromatic heterocycles. The predicted molar refractivity (Wildman–Crippen MR) is 56.0 cm³/mol. The third-order valence-electron chi connectivity index (χ3n) is 1.75. The summed E-state index contributed by atoms with van der Waals surface area (Å²) in [7, 11) is 0. The van der Waals surface area contributed by atoms with Gasteiger partial charge in [-0.25, -0.2) is 9.78 Å². The molecule has 4 nitrogen and oxygen atoms in total. The number of aromatic carboxylic acids is 1. The molecule has 1 N–H and O–H groups in total. The molecule has 1 heterocycles. The maximum absolute atomic E-state index is 10.5. The quantitative estimate of drug-likeness (QED) is 0.739. The van der Waals surface area contributed by atoms with Crippen LogP contribution in [0.3, 0.4) is 0 Å². The normalized spacial score (nSPS) is 9.33. The predicted octanol–water partition coefficient (Wildman–Crippen LogP) is 1.39. The number of benzene rings is 1. The van der Waals surface area contributed by atoms with E-state index in [0.29, 0.717) is 5.76 Å². The SMILES string of the molecule is O=C(O)c1ncc(-c2ccccc2)o1.[LiH]. The first-order chi connectivity index (χ1) is 6.77. The molecule has 72 valence electrons. The van der Waals surface area contributed by atoms with Crippen molar-refractivity contribution < 1.29 is 14.3 Å². The number of carboxylic acid groups (broad SMARTS) is 1. The van der Waals surface area contributed by atoms with E-state index >= 15 is 0 Å². The Hall–Kier alpha value is -1.50. The second-order valence-corrected chi connectivity index (χ2v) is 2.70. The van der Waals surface area contributed by atoms with E-state index in [0.717, 1.165) is 5.56 Å². The van der Waals surface area contributed by atoms with Gasteiger partial charge in [-0.2, -0.15) is 0 Å². The standard InChI is InChI=1S/C10H7NO3.Li.H/c12-10(13)9-11-6-8(14-9)7-4-2-1-3-5-7;;/h1-6H,(H,12,13);;. The van der Waals surface area contributed by atoms with Crippen molar-refractivity contribution in [2.75, 3.05) is 0 Å². The molecular formula is C10H8LiNO3. The summed E-state index contributed by atoms with van der Waals surface area (Å²) in [6.45, 7) is 0. The van der Waals surface area contributed by atoms with Crippen molar-refractivity contribution in [3.8, 4) is 11.3 Å². The van der Waals surface area contributed by atoms with Crippen molar-refractivity contribution in [2.24, 2.45) is 0 Å². The van der Waals surface area contributed by atoms with Gasteiger partial charge in [-0.15, -0.1) is 0 Å². The fourth-order valence-corrected chi connectivity index (χ4v) is 1.11. The molecule has 2 rings (SSSR count). The third kappa shape index (κ3) is 2.49. The first kappa shape index (κ1) is 11.6. The average molecular weight is 197 g/mol. The van der Waals surface area contributed by atoms with Crippen molar-refractivity contribution in [1.29, 1.82) is 0 Å². The van der Waals surface area contributed by atoms with Crippen molar-refractivity contribution in [3.63, 3.8) is 0 Å². The summed E-state index contributed by atoms with van der Waals surface area (Å²) in [5.74, 6) is -0.987. The summed E-state index contributed by atoms with van der Waals surface area (Å²) in [6, 6.07) is 9.22. The Morgan fingerprint density at radius 1 is 1.27 bits per heavy atom. The number of hydrogen-bond acceptors (Lipinski definition) is 3. The van der Waals surface area contributed by atoms with E-state index in [1.807, 2.05) is 30.3 Å². The average Bonchev–Trinajstić information content (AvgIpc) is 2.68. The van der Waals surface area contributed by atoms with Crippen molar-refractivity contribution in [3.05, 3.63) is 42.4 Å². The van der Waals surface area contributed by atoms with Crippen LogP contribution in [0.1, 0.15) is 10.7 Å². The van der Waals surface area contributed by atoms with Crippen molar-refractivity contribution >= 4 is 24.8 Å². The van der Waals surface area contributed by atoms with E-state index in [9.17, 15) is 4.79 Å². The van der Waals surface area contributed by atoms with Crippen LogP contribution < -0.4 is 0 Å². The molecule has 0 fully saturated rings. The summed E-state index contributed by atoms with van der Waals surface area (Å²) >= 11 is 0.